The topological polar surface area (TPSA) is 49.9 Å². The normalized spacial score (nSPS) is 10.6. The van der Waals surface area contributed by atoms with E-state index in [1.54, 1.807) is 13.3 Å². The second-order valence-electron chi connectivity index (χ2n) is 4.30. The molecule has 1 aromatic carbocycles. The molecule has 0 unspecified atom stereocenters. The van der Waals surface area contributed by atoms with Gasteiger partial charge in [-0.1, -0.05) is 18.2 Å². The standard InChI is InChI=1S/C15H15N3O/c1-19-15-7-6-12(10-18-15)16-8-11-9-17-14-5-3-2-4-13(11)14/h2-7,9-10,16-17H,8H2,1H3. The first-order valence-corrected chi connectivity index (χ1v) is 6.16. The molecule has 0 saturated heterocycles. The van der Waals surface area contributed by atoms with Gasteiger partial charge in [-0.15, -0.1) is 0 Å². The number of pyridine rings is 1. The van der Waals surface area contributed by atoms with Crippen LogP contribution >= 0.6 is 0 Å². The Bertz CT molecular complexity index is 673. The summed E-state index contributed by atoms with van der Waals surface area (Å²) in [7, 11) is 1.61. The Morgan fingerprint density at radius 3 is 2.89 bits per heavy atom. The van der Waals surface area contributed by atoms with E-state index in [1.807, 2.05) is 24.4 Å². The summed E-state index contributed by atoms with van der Waals surface area (Å²) in [6.07, 6.45) is 3.81. The molecule has 19 heavy (non-hydrogen) atoms. The minimum atomic E-state index is 0.623. The predicted molar refractivity (Wildman–Crippen MR) is 76.4 cm³/mol. The van der Waals surface area contributed by atoms with Gasteiger partial charge in [0, 0.05) is 29.7 Å². The Hall–Kier alpha value is -2.49. The number of rotatable bonds is 4. The molecule has 4 nitrogen and oxygen atoms in total. The second-order valence-corrected chi connectivity index (χ2v) is 4.30. The van der Waals surface area contributed by atoms with Crippen LogP contribution in [-0.4, -0.2) is 17.1 Å². The number of methoxy groups -OCH3 is 1. The van der Waals surface area contributed by atoms with Gasteiger partial charge in [-0.05, 0) is 17.7 Å². The fourth-order valence-electron chi connectivity index (χ4n) is 2.08. The van der Waals surface area contributed by atoms with Gasteiger partial charge in [0.1, 0.15) is 0 Å². The predicted octanol–water partition coefficient (Wildman–Crippen LogP) is 3.18. The minimum absolute atomic E-state index is 0.623. The molecule has 3 rings (SSSR count). The van der Waals surface area contributed by atoms with Crippen molar-refractivity contribution < 1.29 is 4.74 Å². The van der Waals surface area contributed by atoms with Crippen molar-refractivity contribution >= 4 is 16.6 Å². The number of hydrogen-bond donors (Lipinski definition) is 2. The van der Waals surface area contributed by atoms with Crippen LogP contribution < -0.4 is 10.1 Å². The van der Waals surface area contributed by atoms with E-state index in [-0.39, 0.29) is 0 Å². The molecule has 0 bridgehead atoms. The van der Waals surface area contributed by atoms with Crippen molar-refractivity contribution in [2.45, 2.75) is 6.54 Å². The van der Waals surface area contributed by atoms with Gasteiger partial charge in [0.25, 0.3) is 0 Å². The Labute approximate surface area is 111 Å². The van der Waals surface area contributed by atoms with Crippen LogP contribution in [0.3, 0.4) is 0 Å². The summed E-state index contributed by atoms with van der Waals surface area (Å²) < 4.78 is 5.03. The molecule has 0 aliphatic rings. The van der Waals surface area contributed by atoms with Crippen molar-refractivity contribution in [3.8, 4) is 5.88 Å². The summed E-state index contributed by atoms with van der Waals surface area (Å²) in [5.41, 5.74) is 3.38. The van der Waals surface area contributed by atoms with Gasteiger partial charge in [-0.2, -0.15) is 0 Å². The van der Waals surface area contributed by atoms with E-state index in [0.29, 0.717) is 5.88 Å². The van der Waals surface area contributed by atoms with Crippen molar-refractivity contribution in [1.82, 2.24) is 9.97 Å². The van der Waals surface area contributed by atoms with Crippen LogP contribution in [0.15, 0.2) is 48.8 Å². The molecule has 0 saturated carbocycles. The fraction of sp³-hybridized carbons (Fsp3) is 0.133. The third-order valence-electron chi connectivity index (χ3n) is 3.10. The number of H-pyrrole nitrogens is 1. The van der Waals surface area contributed by atoms with Crippen molar-refractivity contribution in [1.29, 1.82) is 0 Å². The molecule has 4 heteroatoms. The highest BCUT2D eigenvalue weighted by molar-refractivity contribution is 5.83. The van der Waals surface area contributed by atoms with Crippen LogP contribution in [-0.2, 0) is 6.54 Å². The Morgan fingerprint density at radius 2 is 2.11 bits per heavy atom. The number of anilines is 1. The maximum Gasteiger partial charge on any atom is 0.213 e. The van der Waals surface area contributed by atoms with Crippen molar-refractivity contribution in [2.75, 3.05) is 12.4 Å². The van der Waals surface area contributed by atoms with Crippen molar-refractivity contribution in [2.24, 2.45) is 0 Å². The average molecular weight is 253 g/mol. The maximum absolute atomic E-state index is 5.03. The number of para-hydroxylation sites is 1. The molecule has 0 fully saturated rings. The van der Waals surface area contributed by atoms with Gasteiger partial charge in [-0.25, -0.2) is 4.98 Å². The largest absolute Gasteiger partial charge is 0.481 e. The monoisotopic (exact) mass is 253 g/mol. The highest BCUT2D eigenvalue weighted by atomic mass is 16.5. The zero-order valence-electron chi connectivity index (χ0n) is 10.7. The number of aromatic amines is 1. The molecular weight excluding hydrogens is 238 g/mol. The lowest BCUT2D eigenvalue weighted by molar-refractivity contribution is 0.398. The second kappa shape index (κ2) is 5.02. The zero-order chi connectivity index (χ0) is 13.1. The van der Waals surface area contributed by atoms with E-state index < -0.39 is 0 Å². The lowest BCUT2D eigenvalue weighted by atomic mass is 10.2. The lowest BCUT2D eigenvalue weighted by Crippen LogP contribution is -1.99. The van der Waals surface area contributed by atoms with Gasteiger partial charge in [-0.3, -0.25) is 0 Å². The number of benzene rings is 1. The molecule has 0 aliphatic heterocycles. The fourth-order valence-corrected chi connectivity index (χ4v) is 2.08. The van der Waals surface area contributed by atoms with E-state index in [1.165, 1.54) is 10.9 Å². The van der Waals surface area contributed by atoms with Crippen LogP contribution in [0.1, 0.15) is 5.56 Å². The van der Waals surface area contributed by atoms with E-state index in [9.17, 15) is 0 Å². The average Bonchev–Trinajstić information content (AvgIpc) is 2.89. The van der Waals surface area contributed by atoms with E-state index in [4.69, 9.17) is 4.74 Å². The highest BCUT2D eigenvalue weighted by Crippen LogP contribution is 2.19. The molecule has 2 N–H and O–H groups in total. The summed E-state index contributed by atoms with van der Waals surface area (Å²) in [5, 5.41) is 4.60. The summed E-state index contributed by atoms with van der Waals surface area (Å²) in [4.78, 5) is 7.43. The van der Waals surface area contributed by atoms with E-state index >= 15 is 0 Å². The molecular formula is C15H15N3O. The van der Waals surface area contributed by atoms with E-state index in [2.05, 4.69) is 33.5 Å². The SMILES string of the molecule is COc1ccc(NCc2c[nH]c3ccccc23)cn1. The molecule has 96 valence electrons. The Morgan fingerprint density at radius 1 is 1.21 bits per heavy atom. The molecule has 3 aromatic rings. The molecule has 0 atom stereocenters. The minimum Gasteiger partial charge on any atom is -0.481 e. The lowest BCUT2D eigenvalue weighted by Gasteiger charge is -2.06. The van der Waals surface area contributed by atoms with Gasteiger partial charge in [0.05, 0.1) is 19.0 Å². The van der Waals surface area contributed by atoms with Gasteiger partial charge < -0.3 is 15.0 Å². The number of nitrogens with one attached hydrogen (secondary N) is 2. The molecule has 0 spiro atoms. The Balaban J connectivity index is 1.74. The van der Waals surface area contributed by atoms with Gasteiger partial charge >= 0.3 is 0 Å². The van der Waals surface area contributed by atoms with Crippen LogP contribution in [0.25, 0.3) is 10.9 Å². The van der Waals surface area contributed by atoms with Crippen molar-refractivity contribution in [3.05, 3.63) is 54.4 Å². The summed E-state index contributed by atoms with van der Waals surface area (Å²) in [6, 6.07) is 12.1. The number of ether oxygens (including phenoxy) is 1. The van der Waals surface area contributed by atoms with Crippen LogP contribution in [0.4, 0.5) is 5.69 Å². The Kier molecular flexibility index (Phi) is 3.06. The summed E-state index contributed by atoms with van der Waals surface area (Å²) >= 11 is 0. The quantitative estimate of drug-likeness (QED) is 0.750. The first-order valence-electron chi connectivity index (χ1n) is 6.16. The highest BCUT2D eigenvalue weighted by Gasteiger charge is 2.02. The van der Waals surface area contributed by atoms with Gasteiger partial charge in [0.15, 0.2) is 0 Å². The third-order valence-corrected chi connectivity index (χ3v) is 3.10. The van der Waals surface area contributed by atoms with Gasteiger partial charge in [0.2, 0.25) is 5.88 Å². The smallest absolute Gasteiger partial charge is 0.213 e. The molecule has 0 aliphatic carbocycles. The number of hydrogen-bond acceptors (Lipinski definition) is 3. The molecule has 2 aromatic heterocycles. The number of fused-ring (bicyclic) bond motifs is 1. The maximum atomic E-state index is 5.03. The molecule has 0 amide bonds. The first kappa shape index (κ1) is 11.6. The zero-order valence-corrected chi connectivity index (χ0v) is 10.7. The number of nitrogens with zero attached hydrogens (tertiary/aromatic N) is 1. The van der Waals surface area contributed by atoms with Crippen LogP contribution in [0.2, 0.25) is 0 Å². The summed E-state index contributed by atoms with van der Waals surface area (Å²) in [5.74, 6) is 0.623. The van der Waals surface area contributed by atoms with Crippen LogP contribution in [0, 0.1) is 0 Å². The molecule has 2 heterocycles. The third kappa shape index (κ3) is 2.38. The first-order chi connectivity index (χ1) is 9.36. The van der Waals surface area contributed by atoms with Crippen molar-refractivity contribution in [3.63, 3.8) is 0 Å². The van der Waals surface area contributed by atoms with Crippen LogP contribution in [0.5, 0.6) is 5.88 Å². The number of aromatic nitrogens is 2. The summed E-state index contributed by atoms with van der Waals surface area (Å²) in [6.45, 7) is 0.762. The van der Waals surface area contributed by atoms with E-state index in [0.717, 1.165) is 17.7 Å². The molecule has 0 radical (unpaired) electrons.